The number of rotatable bonds is 2. The summed E-state index contributed by atoms with van der Waals surface area (Å²) in [5.41, 5.74) is 11.1. The molecule has 88 valence electrons. The van der Waals surface area contributed by atoms with Gasteiger partial charge in [0.05, 0.1) is 17.9 Å². The lowest BCUT2D eigenvalue weighted by Gasteiger charge is -2.03. The van der Waals surface area contributed by atoms with E-state index in [1.165, 1.54) is 36.0 Å². The van der Waals surface area contributed by atoms with Crippen molar-refractivity contribution in [2.24, 2.45) is 5.73 Å². The van der Waals surface area contributed by atoms with Gasteiger partial charge in [0.15, 0.2) is 0 Å². The Hall–Kier alpha value is -1.61. The number of aromatic amines is 1. The Kier molecular flexibility index (Phi) is 2.48. The molecule has 0 saturated carbocycles. The van der Waals surface area contributed by atoms with Gasteiger partial charge in [-0.3, -0.25) is 0 Å². The van der Waals surface area contributed by atoms with E-state index in [1.807, 2.05) is 13.1 Å². The molecule has 3 N–H and O–H groups in total. The van der Waals surface area contributed by atoms with Crippen LogP contribution >= 0.6 is 0 Å². The molecule has 0 bridgehead atoms. The van der Waals surface area contributed by atoms with Crippen LogP contribution in [0.2, 0.25) is 0 Å². The molecule has 1 atom stereocenters. The SMILES string of the molecule is CC(N)c1ncc(-c2ccc3c(c2)CCC3)[nH]1. The Morgan fingerprint density at radius 2 is 2.12 bits per heavy atom. The van der Waals surface area contributed by atoms with Gasteiger partial charge in [-0.1, -0.05) is 12.1 Å². The van der Waals surface area contributed by atoms with E-state index in [4.69, 9.17) is 5.73 Å². The van der Waals surface area contributed by atoms with E-state index >= 15 is 0 Å². The fraction of sp³-hybridized carbons (Fsp3) is 0.357. The summed E-state index contributed by atoms with van der Waals surface area (Å²) in [7, 11) is 0. The molecule has 0 fully saturated rings. The molecule has 1 heterocycles. The van der Waals surface area contributed by atoms with Crippen molar-refractivity contribution in [3.8, 4) is 11.3 Å². The van der Waals surface area contributed by atoms with Crippen molar-refractivity contribution < 1.29 is 0 Å². The molecule has 0 aliphatic heterocycles. The molecule has 3 rings (SSSR count). The molecule has 0 radical (unpaired) electrons. The maximum absolute atomic E-state index is 5.80. The summed E-state index contributed by atoms with van der Waals surface area (Å²) >= 11 is 0. The Morgan fingerprint density at radius 1 is 1.29 bits per heavy atom. The highest BCUT2D eigenvalue weighted by atomic mass is 14.9. The standard InChI is InChI=1S/C14H17N3/c1-9(15)14-16-8-13(17-14)12-6-5-10-3-2-4-11(10)7-12/h5-9H,2-4,15H2,1H3,(H,16,17). The second-order valence-corrected chi connectivity index (χ2v) is 4.81. The zero-order valence-electron chi connectivity index (χ0n) is 10.0. The highest BCUT2D eigenvalue weighted by Gasteiger charge is 2.12. The first-order valence-electron chi connectivity index (χ1n) is 6.16. The van der Waals surface area contributed by atoms with Gasteiger partial charge in [-0.05, 0) is 48.9 Å². The molecule has 0 saturated heterocycles. The largest absolute Gasteiger partial charge is 0.341 e. The Labute approximate surface area is 101 Å². The number of aryl methyl sites for hydroxylation is 2. The number of hydrogen-bond acceptors (Lipinski definition) is 2. The molecule has 17 heavy (non-hydrogen) atoms. The second-order valence-electron chi connectivity index (χ2n) is 4.81. The summed E-state index contributed by atoms with van der Waals surface area (Å²) in [6.07, 6.45) is 5.59. The van der Waals surface area contributed by atoms with E-state index in [0.717, 1.165) is 11.5 Å². The molecule has 3 nitrogen and oxygen atoms in total. The van der Waals surface area contributed by atoms with E-state index in [-0.39, 0.29) is 6.04 Å². The van der Waals surface area contributed by atoms with Crippen LogP contribution < -0.4 is 5.73 Å². The van der Waals surface area contributed by atoms with Crippen LogP contribution in [0.25, 0.3) is 11.3 Å². The molecular weight excluding hydrogens is 210 g/mol. The van der Waals surface area contributed by atoms with Crippen LogP contribution in [-0.2, 0) is 12.8 Å². The molecular formula is C14H17N3. The topological polar surface area (TPSA) is 54.7 Å². The predicted octanol–water partition coefficient (Wildman–Crippen LogP) is 2.59. The van der Waals surface area contributed by atoms with Gasteiger partial charge in [0.1, 0.15) is 5.82 Å². The van der Waals surface area contributed by atoms with Crippen molar-refractivity contribution in [2.75, 3.05) is 0 Å². The number of fused-ring (bicyclic) bond motifs is 1. The van der Waals surface area contributed by atoms with E-state index in [1.54, 1.807) is 0 Å². The van der Waals surface area contributed by atoms with Crippen LogP contribution in [0.1, 0.15) is 36.3 Å². The minimum atomic E-state index is -0.0434. The summed E-state index contributed by atoms with van der Waals surface area (Å²) in [4.78, 5) is 7.59. The van der Waals surface area contributed by atoms with Crippen molar-refractivity contribution >= 4 is 0 Å². The zero-order valence-corrected chi connectivity index (χ0v) is 10.0. The van der Waals surface area contributed by atoms with E-state index < -0.39 is 0 Å². The van der Waals surface area contributed by atoms with Crippen molar-refractivity contribution in [1.29, 1.82) is 0 Å². The number of aromatic nitrogens is 2. The fourth-order valence-corrected chi connectivity index (χ4v) is 2.45. The lowest BCUT2D eigenvalue weighted by molar-refractivity contribution is 0.756. The van der Waals surface area contributed by atoms with Gasteiger partial charge in [0.2, 0.25) is 0 Å². The average molecular weight is 227 g/mol. The molecule has 1 aliphatic carbocycles. The van der Waals surface area contributed by atoms with Gasteiger partial charge >= 0.3 is 0 Å². The van der Waals surface area contributed by atoms with Gasteiger partial charge < -0.3 is 10.7 Å². The molecule has 3 heteroatoms. The van der Waals surface area contributed by atoms with Crippen molar-refractivity contribution in [3.05, 3.63) is 41.3 Å². The van der Waals surface area contributed by atoms with Gasteiger partial charge in [-0.25, -0.2) is 4.98 Å². The summed E-state index contributed by atoms with van der Waals surface area (Å²) in [6, 6.07) is 6.64. The number of nitrogens with one attached hydrogen (secondary N) is 1. The van der Waals surface area contributed by atoms with Crippen molar-refractivity contribution in [1.82, 2.24) is 9.97 Å². The summed E-state index contributed by atoms with van der Waals surface area (Å²) < 4.78 is 0. The quantitative estimate of drug-likeness (QED) is 0.828. The van der Waals surface area contributed by atoms with E-state index in [9.17, 15) is 0 Å². The normalized spacial score (nSPS) is 15.9. The summed E-state index contributed by atoms with van der Waals surface area (Å²) in [5, 5.41) is 0. The Morgan fingerprint density at radius 3 is 2.88 bits per heavy atom. The molecule has 2 aromatic rings. The van der Waals surface area contributed by atoms with Gasteiger partial charge in [0.25, 0.3) is 0 Å². The number of nitrogens with two attached hydrogens (primary N) is 1. The first-order valence-corrected chi connectivity index (χ1v) is 6.16. The van der Waals surface area contributed by atoms with Crippen LogP contribution in [0, 0.1) is 0 Å². The minimum Gasteiger partial charge on any atom is -0.341 e. The molecule has 1 aliphatic rings. The zero-order chi connectivity index (χ0) is 11.8. The number of imidazole rings is 1. The minimum absolute atomic E-state index is 0.0434. The van der Waals surface area contributed by atoms with Crippen LogP contribution in [-0.4, -0.2) is 9.97 Å². The maximum atomic E-state index is 5.80. The van der Waals surface area contributed by atoms with Crippen LogP contribution in [0.15, 0.2) is 24.4 Å². The smallest absolute Gasteiger partial charge is 0.123 e. The highest BCUT2D eigenvalue weighted by molar-refractivity contribution is 5.61. The Balaban J connectivity index is 1.97. The van der Waals surface area contributed by atoms with Crippen LogP contribution in [0.5, 0.6) is 0 Å². The summed E-state index contributed by atoms with van der Waals surface area (Å²) in [6.45, 7) is 1.94. The number of benzene rings is 1. The molecule has 0 amide bonds. The summed E-state index contributed by atoms with van der Waals surface area (Å²) in [5.74, 6) is 0.848. The lowest BCUT2D eigenvalue weighted by atomic mass is 10.0. The number of nitrogens with zero attached hydrogens (tertiary/aromatic N) is 1. The number of H-pyrrole nitrogens is 1. The van der Waals surface area contributed by atoms with E-state index in [2.05, 4.69) is 28.2 Å². The Bertz CT molecular complexity index is 540. The van der Waals surface area contributed by atoms with Crippen LogP contribution in [0.4, 0.5) is 0 Å². The van der Waals surface area contributed by atoms with Gasteiger partial charge in [-0.15, -0.1) is 0 Å². The molecule has 1 unspecified atom stereocenters. The third kappa shape index (κ3) is 1.87. The van der Waals surface area contributed by atoms with Crippen molar-refractivity contribution in [3.63, 3.8) is 0 Å². The molecule has 1 aromatic heterocycles. The number of hydrogen-bond donors (Lipinski definition) is 2. The monoisotopic (exact) mass is 227 g/mol. The van der Waals surface area contributed by atoms with Gasteiger partial charge in [-0.2, -0.15) is 0 Å². The van der Waals surface area contributed by atoms with Crippen LogP contribution in [0.3, 0.4) is 0 Å². The average Bonchev–Trinajstić information content (AvgIpc) is 2.97. The third-order valence-electron chi connectivity index (χ3n) is 3.44. The second kappa shape index (κ2) is 4.00. The predicted molar refractivity (Wildman–Crippen MR) is 68.7 cm³/mol. The third-order valence-corrected chi connectivity index (χ3v) is 3.44. The highest BCUT2D eigenvalue weighted by Crippen LogP contribution is 2.27. The van der Waals surface area contributed by atoms with E-state index in [0.29, 0.717) is 0 Å². The fourth-order valence-electron chi connectivity index (χ4n) is 2.45. The van der Waals surface area contributed by atoms with Crippen molar-refractivity contribution in [2.45, 2.75) is 32.2 Å². The molecule has 0 spiro atoms. The van der Waals surface area contributed by atoms with Gasteiger partial charge in [0, 0.05) is 0 Å². The molecule has 1 aromatic carbocycles. The lowest BCUT2D eigenvalue weighted by Crippen LogP contribution is -2.06. The first kappa shape index (κ1) is 10.5. The first-order chi connectivity index (χ1) is 8.24. The maximum Gasteiger partial charge on any atom is 0.123 e.